The summed E-state index contributed by atoms with van der Waals surface area (Å²) in [7, 11) is 5.95. The number of hydrogen-bond donors (Lipinski definition) is 0. The summed E-state index contributed by atoms with van der Waals surface area (Å²) in [6.45, 7) is 4.71. The molecule has 0 aromatic rings. The lowest BCUT2D eigenvalue weighted by Gasteiger charge is -2.26. The fraction of sp³-hybridized carbons (Fsp3) is 0.845. The molecule has 2 atom stereocenters. The number of esters is 2. The number of carboxylic acid groups (broad SMARTS) is 1. The van der Waals surface area contributed by atoms with E-state index in [0.717, 1.165) is 64.2 Å². The lowest BCUT2D eigenvalue weighted by molar-refractivity contribution is -0.870. The highest BCUT2D eigenvalue weighted by Gasteiger charge is 2.22. The molecule has 0 N–H and O–H groups in total. The maximum atomic E-state index is 13.0. The first kappa shape index (κ1) is 90.0. The molecule has 9 nitrogen and oxygen atoms in total. The maximum absolute atomic E-state index is 13.0. The normalized spacial score (nSPS) is 12.9. The van der Waals surface area contributed by atoms with E-state index in [4.69, 9.17) is 18.9 Å². The smallest absolute Gasteiger partial charge is 0.306 e. The third kappa shape index (κ3) is 76.2. The highest BCUT2D eigenvalue weighted by atomic mass is 16.7. The second kappa shape index (κ2) is 74.8. The van der Waals surface area contributed by atoms with Crippen LogP contribution in [-0.2, 0) is 33.3 Å². The Morgan fingerprint density at radius 3 is 0.925 bits per heavy atom. The minimum Gasteiger partial charge on any atom is -0.545 e. The Bertz CT molecular complexity index is 1710. The number of likely N-dealkylation sites (N-methyl/N-ethyl adjacent to an activating group) is 1. The van der Waals surface area contributed by atoms with Gasteiger partial charge < -0.3 is 33.3 Å². The molecule has 0 aromatic carbocycles. The Hall–Kier alpha value is -3.01. The van der Waals surface area contributed by atoms with Crippen LogP contribution < -0.4 is 5.11 Å². The van der Waals surface area contributed by atoms with Crippen molar-refractivity contribution < 1.29 is 42.9 Å². The summed E-state index contributed by atoms with van der Waals surface area (Å²) < 4.78 is 22.9. The van der Waals surface area contributed by atoms with Gasteiger partial charge in [0.05, 0.1) is 40.3 Å². The van der Waals surface area contributed by atoms with Crippen molar-refractivity contribution in [2.45, 2.75) is 411 Å². The Morgan fingerprint density at radius 2 is 0.613 bits per heavy atom. The van der Waals surface area contributed by atoms with Gasteiger partial charge in [-0.05, 0) is 77.0 Å². The predicted octanol–water partition coefficient (Wildman–Crippen LogP) is 24.5. The van der Waals surface area contributed by atoms with Gasteiger partial charge in [0.15, 0.2) is 12.4 Å². The average Bonchev–Trinajstić information content (AvgIpc) is 3.38. The van der Waals surface area contributed by atoms with Crippen LogP contribution in [0.15, 0.2) is 60.8 Å². The number of hydrogen-bond acceptors (Lipinski definition) is 8. The Kier molecular flexibility index (Phi) is 72.4. The Morgan fingerprint density at radius 1 is 0.333 bits per heavy atom. The number of nitrogens with zero attached hydrogens (tertiary/aromatic N) is 1. The summed E-state index contributed by atoms with van der Waals surface area (Å²) in [4.78, 5) is 37.6. The lowest BCUT2D eigenvalue weighted by atomic mass is 10.0. The van der Waals surface area contributed by atoms with Crippen molar-refractivity contribution in [3.05, 3.63) is 60.8 Å². The molecule has 0 fully saturated rings. The van der Waals surface area contributed by atoms with Gasteiger partial charge in [0.2, 0.25) is 0 Å². The molecule has 0 saturated carbocycles. The topological polar surface area (TPSA) is 111 Å². The minimum absolute atomic E-state index is 0.150. The van der Waals surface area contributed by atoms with Crippen LogP contribution >= 0.6 is 0 Å². The summed E-state index contributed by atoms with van der Waals surface area (Å²) in [6.07, 6.45) is 96.4. The van der Waals surface area contributed by atoms with Gasteiger partial charge in [-0.3, -0.25) is 9.59 Å². The van der Waals surface area contributed by atoms with Gasteiger partial charge in [0.1, 0.15) is 13.2 Å². The maximum Gasteiger partial charge on any atom is 0.306 e. The standard InChI is InChI=1S/C84H155NO8/c1-6-8-10-12-14-16-18-20-22-24-26-28-30-32-34-35-36-37-38-39-40-41-42-43-44-45-46-47-49-51-53-55-57-59-61-63-65-67-69-71-73-75-82(87)93-80(79-92-84(83(88)89)90-77-76-85(3,4)5)78-91-81(86)74-72-70-68-66-64-62-60-58-56-54-52-50-48-33-31-29-27-25-23-21-19-17-15-13-11-9-7-2/h8,10,14,16,20,22,25-28,80,84H,6-7,9,11-13,15,17-19,21,23-24,29-79H2,1-5H3/b10-8-,16-14-,22-20-,27-25-,28-26-. The quantitative estimate of drug-likeness (QED) is 0.0195. The molecule has 2 unspecified atom stereocenters. The van der Waals surface area contributed by atoms with Crippen molar-refractivity contribution in [2.24, 2.45) is 0 Å². The van der Waals surface area contributed by atoms with E-state index >= 15 is 0 Å². The fourth-order valence-corrected chi connectivity index (χ4v) is 12.1. The molecule has 0 aliphatic carbocycles. The second-order valence-electron chi connectivity index (χ2n) is 28.7. The van der Waals surface area contributed by atoms with E-state index in [0.29, 0.717) is 17.4 Å². The van der Waals surface area contributed by atoms with Crippen LogP contribution in [0.2, 0.25) is 0 Å². The van der Waals surface area contributed by atoms with Gasteiger partial charge in [-0.2, -0.15) is 0 Å². The molecule has 0 bridgehead atoms. The van der Waals surface area contributed by atoms with Crippen LogP contribution in [0.5, 0.6) is 0 Å². The second-order valence-corrected chi connectivity index (χ2v) is 28.7. The molecule has 0 aromatic heterocycles. The average molecular weight is 1310 g/mol. The van der Waals surface area contributed by atoms with Gasteiger partial charge in [-0.15, -0.1) is 0 Å². The van der Waals surface area contributed by atoms with E-state index in [1.54, 1.807) is 0 Å². The molecule has 0 amide bonds. The summed E-state index contributed by atoms with van der Waals surface area (Å²) in [5.74, 6) is -2.25. The van der Waals surface area contributed by atoms with Crippen LogP contribution in [0, 0.1) is 0 Å². The largest absolute Gasteiger partial charge is 0.545 e. The van der Waals surface area contributed by atoms with Gasteiger partial charge in [-0.25, -0.2) is 0 Å². The molecular formula is C84H155NO8. The van der Waals surface area contributed by atoms with Crippen LogP contribution in [0.3, 0.4) is 0 Å². The van der Waals surface area contributed by atoms with E-state index in [1.807, 2.05) is 21.1 Å². The van der Waals surface area contributed by atoms with E-state index < -0.39 is 24.3 Å². The molecule has 93 heavy (non-hydrogen) atoms. The summed E-state index contributed by atoms with van der Waals surface area (Å²) in [6, 6.07) is 0. The molecule has 0 spiro atoms. The third-order valence-electron chi connectivity index (χ3n) is 18.2. The molecule has 0 aliphatic rings. The van der Waals surface area contributed by atoms with E-state index in [9.17, 15) is 19.5 Å². The first-order valence-corrected chi connectivity index (χ1v) is 40.4. The SMILES string of the molecule is CC/C=C\C/C=C\C/C=C\C/C=C\CCCCCCCCCCCCCCCCCCCCCCCCCCCCCCC(=O)OC(COC(=O)CCCCCCCCCCCCCCCCC/C=C\CCCCCCCCCC)COC(OCC[N+](C)(C)C)C(=O)[O-]. The zero-order valence-corrected chi connectivity index (χ0v) is 62.4. The Balaban J connectivity index is 3.93. The molecule has 0 saturated heterocycles. The van der Waals surface area contributed by atoms with Gasteiger partial charge >= 0.3 is 11.9 Å². The lowest BCUT2D eigenvalue weighted by Crippen LogP contribution is -2.44. The number of carboxylic acids is 1. The van der Waals surface area contributed by atoms with Gasteiger partial charge in [-0.1, -0.05) is 370 Å². The van der Waals surface area contributed by atoms with Crippen molar-refractivity contribution in [3.8, 4) is 0 Å². The summed E-state index contributed by atoms with van der Waals surface area (Å²) >= 11 is 0. The number of quaternary nitrogens is 1. The fourth-order valence-electron chi connectivity index (χ4n) is 12.1. The van der Waals surface area contributed by atoms with Crippen LogP contribution in [0.25, 0.3) is 0 Å². The van der Waals surface area contributed by atoms with E-state index in [2.05, 4.69) is 74.6 Å². The predicted molar refractivity (Wildman–Crippen MR) is 399 cm³/mol. The highest BCUT2D eigenvalue weighted by molar-refractivity contribution is 5.70. The van der Waals surface area contributed by atoms with Crippen LogP contribution in [0.1, 0.15) is 399 Å². The van der Waals surface area contributed by atoms with Crippen LogP contribution in [-0.4, -0.2) is 82.3 Å². The number of carbonyl (C=O) groups is 3. The highest BCUT2D eigenvalue weighted by Crippen LogP contribution is 2.20. The molecule has 9 heteroatoms. The number of ether oxygens (including phenoxy) is 4. The monoisotopic (exact) mass is 1310 g/mol. The first-order valence-electron chi connectivity index (χ1n) is 40.4. The van der Waals surface area contributed by atoms with E-state index in [1.165, 1.54) is 308 Å². The molecule has 544 valence electrons. The Labute approximate surface area is 577 Å². The summed E-state index contributed by atoms with van der Waals surface area (Å²) in [5, 5.41) is 11.9. The minimum atomic E-state index is -1.62. The van der Waals surface area contributed by atoms with Crippen molar-refractivity contribution in [1.29, 1.82) is 0 Å². The third-order valence-corrected chi connectivity index (χ3v) is 18.2. The molecule has 0 radical (unpaired) electrons. The van der Waals surface area contributed by atoms with Crippen molar-refractivity contribution in [1.82, 2.24) is 0 Å². The van der Waals surface area contributed by atoms with Crippen molar-refractivity contribution in [3.63, 3.8) is 0 Å². The molecular weight excluding hydrogens is 1150 g/mol. The van der Waals surface area contributed by atoms with Gasteiger partial charge in [0, 0.05) is 12.8 Å². The molecule has 0 aliphatic heterocycles. The number of allylic oxidation sites excluding steroid dienone is 10. The van der Waals surface area contributed by atoms with Crippen LogP contribution in [0.4, 0.5) is 0 Å². The van der Waals surface area contributed by atoms with E-state index in [-0.39, 0.29) is 32.2 Å². The number of aliphatic carboxylic acids is 1. The van der Waals surface area contributed by atoms with Crippen molar-refractivity contribution in [2.75, 3.05) is 47.5 Å². The molecule has 0 rings (SSSR count). The first-order chi connectivity index (χ1) is 45.6. The number of rotatable bonds is 76. The number of unbranched alkanes of at least 4 members (excludes halogenated alkanes) is 51. The zero-order valence-electron chi connectivity index (χ0n) is 62.4. The number of carbonyl (C=O) groups excluding carboxylic acids is 3. The van der Waals surface area contributed by atoms with Gasteiger partial charge in [0.25, 0.3) is 0 Å². The molecule has 0 heterocycles. The summed E-state index contributed by atoms with van der Waals surface area (Å²) in [5.41, 5.74) is 0. The zero-order chi connectivity index (χ0) is 67.5. The van der Waals surface area contributed by atoms with Crippen molar-refractivity contribution >= 4 is 17.9 Å².